The third-order valence-corrected chi connectivity index (χ3v) is 4.18. The van der Waals surface area contributed by atoms with Crippen molar-refractivity contribution < 1.29 is 22.7 Å². The Bertz CT molecular complexity index is 547. The average molecular weight is 314 g/mol. The molecule has 0 saturated carbocycles. The minimum Gasteiger partial charge on any atom is -0.379 e. The summed E-state index contributed by atoms with van der Waals surface area (Å²) in [6.07, 6.45) is -0.121. The Morgan fingerprint density at radius 3 is 2.32 bits per heavy atom. The molecule has 120 valence electrons. The Kier molecular flexibility index (Phi) is 4.35. The number of morpholine rings is 1. The fraction of sp³-hybridized carbons (Fsp3) is 0.533. The molecule has 2 aliphatic heterocycles. The number of amides is 1. The van der Waals surface area contributed by atoms with Crippen LogP contribution >= 0.6 is 0 Å². The van der Waals surface area contributed by atoms with Crippen molar-refractivity contribution in [3.05, 3.63) is 35.1 Å². The maximum absolute atomic E-state index is 13.1. The fourth-order valence-electron chi connectivity index (χ4n) is 2.83. The molecule has 0 unspecified atom stereocenters. The Labute approximate surface area is 126 Å². The highest BCUT2D eigenvalue weighted by atomic mass is 19.2. The van der Waals surface area contributed by atoms with E-state index in [9.17, 15) is 18.0 Å². The van der Waals surface area contributed by atoms with Crippen LogP contribution in [0.1, 0.15) is 5.56 Å². The summed E-state index contributed by atoms with van der Waals surface area (Å²) in [6, 6.07) is 2.07. The maximum atomic E-state index is 13.1. The molecule has 0 radical (unpaired) electrons. The average Bonchev–Trinajstić information content (AvgIpc) is 2.44. The summed E-state index contributed by atoms with van der Waals surface area (Å²) < 4.78 is 44.4. The molecule has 0 aromatic heterocycles. The maximum Gasteiger partial charge on any atom is 0.227 e. The van der Waals surface area contributed by atoms with Gasteiger partial charge in [0.05, 0.1) is 19.6 Å². The van der Waals surface area contributed by atoms with Crippen LogP contribution in [0.4, 0.5) is 13.2 Å². The second-order valence-corrected chi connectivity index (χ2v) is 5.65. The Hall–Kier alpha value is -1.60. The van der Waals surface area contributed by atoms with Gasteiger partial charge in [-0.1, -0.05) is 0 Å². The predicted molar refractivity (Wildman–Crippen MR) is 72.8 cm³/mol. The van der Waals surface area contributed by atoms with Crippen LogP contribution in [-0.4, -0.2) is 61.1 Å². The van der Waals surface area contributed by atoms with E-state index in [4.69, 9.17) is 4.74 Å². The highest BCUT2D eigenvalue weighted by molar-refractivity contribution is 5.79. The lowest BCUT2D eigenvalue weighted by Gasteiger charge is -2.46. The second kappa shape index (κ2) is 6.26. The van der Waals surface area contributed by atoms with Crippen molar-refractivity contribution in [2.24, 2.45) is 0 Å². The molecule has 2 saturated heterocycles. The van der Waals surface area contributed by atoms with E-state index >= 15 is 0 Å². The number of carbonyl (C=O) groups excluding carboxylic acids is 1. The molecule has 4 nitrogen and oxygen atoms in total. The summed E-state index contributed by atoms with van der Waals surface area (Å²) >= 11 is 0. The van der Waals surface area contributed by atoms with Crippen LogP contribution in [0.3, 0.4) is 0 Å². The van der Waals surface area contributed by atoms with Crippen molar-refractivity contribution in [2.45, 2.75) is 12.5 Å². The van der Waals surface area contributed by atoms with Crippen LogP contribution in [0.15, 0.2) is 12.1 Å². The Morgan fingerprint density at radius 2 is 1.73 bits per heavy atom. The molecule has 2 aliphatic rings. The van der Waals surface area contributed by atoms with E-state index in [2.05, 4.69) is 4.90 Å². The van der Waals surface area contributed by atoms with Crippen LogP contribution in [0, 0.1) is 17.5 Å². The van der Waals surface area contributed by atoms with Gasteiger partial charge >= 0.3 is 0 Å². The lowest BCUT2D eigenvalue weighted by Crippen LogP contribution is -2.63. The zero-order chi connectivity index (χ0) is 15.7. The van der Waals surface area contributed by atoms with Gasteiger partial charge in [-0.15, -0.1) is 0 Å². The second-order valence-electron chi connectivity index (χ2n) is 5.65. The van der Waals surface area contributed by atoms with Gasteiger partial charge in [0.25, 0.3) is 0 Å². The molecule has 1 aromatic rings. The van der Waals surface area contributed by atoms with Gasteiger partial charge in [-0.2, -0.15) is 0 Å². The number of benzene rings is 1. The van der Waals surface area contributed by atoms with E-state index in [1.807, 2.05) is 0 Å². The summed E-state index contributed by atoms with van der Waals surface area (Å²) in [4.78, 5) is 16.0. The van der Waals surface area contributed by atoms with Gasteiger partial charge in [0.15, 0.2) is 17.5 Å². The highest BCUT2D eigenvalue weighted by Crippen LogP contribution is 2.19. The van der Waals surface area contributed by atoms with Crippen molar-refractivity contribution in [3.63, 3.8) is 0 Å². The molecule has 0 bridgehead atoms. The molecule has 0 atom stereocenters. The lowest BCUT2D eigenvalue weighted by atomic mass is 10.0. The molecular formula is C15H17F3N2O2. The number of carbonyl (C=O) groups is 1. The van der Waals surface area contributed by atoms with E-state index < -0.39 is 17.5 Å². The topological polar surface area (TPSA) is 32.8 Å². The summed E-state index contributed by atoms with van der Waals surface area (Å²) in [6.45, 7) is 4.37. The molecule has 0 N–H and O–H groups in total. The van der Waals surface area contributed by atoms with Crippen LogP contribution in [-0.2, 0) is 16.0 Å². The number of likely N-dealkylation sites (tertiary alicyclic amines) is 1. The molecule has 3 rings (SSSR count). The first-order valence-corrected chi connectivity index (χ1v) is 7.27. The van der Waals surface area contributed by atoms with E-state index in [0.29, 0.717) is 32.3 Å². The highest BCUT2D eigenvalue weighted by Gasteiger charge is 2.35. The fourth-order valence-corrected chi connectivity index (χ4v) is 2.83. The standard InChI is InChI=1S/C15H17F3N2O2/c16-12-5-10(6-13(17)15(12)18)7-14(21)20-8-11(9-20)19-1-3-22-4-2-19/h5-6,11H,1-4,7-9H2. The lowest BCUT2D eigenvalue weighted by molar-refractivity contribution is -0.139. The normalized spacial score (nSPS) is 20.0. The Morgan fingerprint density at radius 1 is 1.14 bits per heavy atom. The number of ether oxygens (including phenoxy) is 1. The quantitative estimate of drug-likeness (QED) is 0.786. The van der Waals surface area contributed by atoms with Gasteiger partial charge in [0, 0.05) is 32.2 Å². The van der Waals surface area contributed by atoms with Crippen LogP contribution in [0.5, 0.6) is 0 Å². The minimum absolute atomic E-state index is 0.121. The minimum atomic E-state index is -1.51. The molecule has 1 amide bonds. The predicted octanol–water partition coefficient (Wildman–Crippen LogP) is 1.19. The molecule has 0 spiro atoms. The monoisotopic (exact) mass is 314 g/mol. The van der Waals surface area contributed by atoms with Crippen molar-refractivity contribution in [2.75, 3.05) is 39.4 Å². The van der Waals surface area contributed by atoms with Gasteiger partial charge < -0.3 is 9.64 Å². The van der Waals surface area contributed by atoms with Crippen molar-refractivity contribution in [1.82, 2.24) is 9.80 Å². The smallest absolute Gasteiger partial charge is 0.227 e. The molecule has 2 fully saturated rings. The van der Waals surface area contributed by atoms with Crippen molar-refractivity contribution >= 4 is 5.91 Å². The first kappa shape index (κ1) is 15.3. The van der Waals surface area contributed by atoms with Crippen molar-refractivity contribution in [3.8, 4) is 0 Å². The van der Waals surface area contributed by atoms with Gasteiger partial charge in [0.1, 0.15) is 0 Å². The van der Waals surface area contributed by atoms with Crippen LogP contribution in [0.2, 0.25) is 0 Å². The number of nitrogens with zero attached hydrogens (tertiary/aromatic N) is 2. The molecule has 0 aliphatic carbocycles. The summed E-state index contributed by atoms with van der Waals surface area (Å²) in [7, 11) is 0. The van der Waals surface area contributed by atoms with Crippen LogP contribution in [0.25, 0.3) is 0 Å². The first-order valence-electron chi connectivity index (χ1n) is 7.27. The van der Waals surface area contributed by atoms with Gasteiger partial charge in [-0.25, -0.2) is 13.2 Å². The number of hydrogen-bond acceptors (Lipinski definition) is 3. The van der Waals surface area contributed by atoms with Crippen molar-refractivity contribution in [1.29, 1.82) is 0 Å². The van der Waals surface area contributed by atoms with Crippen LogP contribution < -0.4 is 0 Å². The number of hydrogen-bond donors (Lipinski definition) is 0. The largest absolute Gasteiger partial charge is 0.379 e. The SMILES string of the molecule is O=C(Cc1cc(F)c(F)c(F)c1)N1CC(N2CCOCC2)C1. The number of halogens is 3. The summed E-state index contributed by atoms with van der Waals surface area (Å²) in [5, 5.41) is 0. The third kappa shape index (κ3) is 3.10. The first-order chi connectivity index (χ1) is 10.5. The zero-order valence-electron chi connectivity index (χ0n) is 12.0. The van der Waals surface area contributed by atoms with Gasteiger partial charge in [-0.05, 0) is 17.7 Å². The third-order valence-electron chi connectivity index (χ3n) is 4.18. The molecule has 2 heterocycles. The molecule has 7 heteroatoms. The van der Waals surface area contributed by atoms with E-state index in [1.165, 1.54) is 0 Å². The summed E-state index contributed by atoms with van der Waals surface area (Å²) in [5.41, 5.74) is 0.149. The van der Waals surface area contributed by atoms with Gasteiger partial charge in [-0.3, -0.25) is 9.69 Å². The molecule has 1 aromatic carbocycles. The zero-order valence-corrected chi connectivity index (χ0v) is 12.0. The number of rotatable bonds is 3. The van der Waals surface area contributed by atoms with E-state index in [-0.39, 0.29) is 17.9 Å². The molecule has 22 heavy (non-hydrogen) atoms. The summed E-state index contributed by atoms with van der Waals surface area (Å²) in [5.74, 6) is -4.24. The molecular weight excluding hydrogens is 297 g/mol. The Balaban J connectivity index is 1.53. The van der Waals surface area contributed by atoms with Gasteiger partial charge in [0.2, 0.25) is 5.91 Å². The van der Waals surface area contributed by atoms with E-state index in [0.717, 1.165) is 25.2 Å². The van der Waals surface area contributed by atoms with E-state index in [1.54, 1.807) is 4.90 Å².